The molecule has 3 N–H and O–H groups in total. The number of pyridine rings is 1. The number of hydrogen-bond acceptors (Lipinski definition) is 5. The number of nitrogens with two attached hydrogens (primary N) is 1. The number of aromatic nitrogens is 1. The second-order valence-electron chi connectivity index (χ2n) is 3.58. The van der Waals surface area contributed by atoms with E-state index in [1.54, 1.807) is 6.20 Å². The lowest BCUT2D eigenvalue weighted by Gasteiger charge is -2.26. The molecule has 0 atom stereocenters. The van der Waals surface area contributed by atoms with Crippen molar-refractivity contribution >= 4 is 5.82 Å². The van der Waals surface area contributed by atoms with Gasteiger partial charge in [-0.1, -0.05) is 0 Å². The van der Waals surface area contributed by atoms with Crippen molar-refractivity contribution in [3.8, 4) is 0 Å². The molecule has 0 bridgehead atoms. The Morgan fingerprint density at radius 1 is 1.47 bits per heavy atom. The van der Waals surface area contributed by atoms with Crippen LogP contribution in [-0.2, 0) is 11.3 Å². The second kappa shape index (κ2) is 5.06. The Kier molecular flexibility index (Phi) is 3.49. The molecular weight excluding hydrogens is 192 g/mol. The molecule has 1 fully saturated rings. The molecule has 2 heterocycles. The zero-order chi connectivity index (χ0) is 10.5. The molecule has 5 nitrogen and oxygen atoms in total. The van der Waals surface area contributed by atoms with Crippen LogP contribution in [0.15, 0.2) is 18.3 Å². The summed E-state index contributed by atoms with van der Waals surface area (Å²) < 4.78 is 5.30. The predicted octanol–water partition coefficient (Wildman–Crippen LogP) is 0.199. The van der Waals surface area contributed by atoms with Gasteiger partial charge in [0.2, 0.25) is 0 Å². The highest BCUT2D eigenvalue weighted by Gasteiger charge is 2.10. The Bertz CT molecular complexity index is 312. The van der Waals surface area contributed by atoms with E-state index in [0.717, 1.165) is 32.8 Å². The van der Waals surface area contributed by atoms with Gasteiger partial charge in [0.25, 0.3) is 0 Å². The number of nitrogens with one attached hydrogen (secondary N) is 1. The molecule has 0 unspecified atom stereocenters. The topological polar surface area (TPSA) is 63.4 Å². The molecule has 1 aromatic heterocycles. The van der Waals surface area contributed by atoms with Gasteiger partial charge in [-0.25, -0.2) is 10.8 Å². The fourth-order valence-electron chi connectivity index (χ4n) is 1.67. The molecular formula is C10H16N4O. The van der Waals surface area contributed by atoms with Crippen LogP contribution in [-0.4, -0.2) is 36.2 Å². The van der Waals surface area contributed by atoms with Crippen molar-refractivity contribution in [2.24, 2.45) is 5.84 Å². The highest BCUT2D eigenvalue weighted by Crippen LogP contribution is 2.09. The third kappa shape index (κ3) is 2.89. The van der Waals surface area contributed by atoms with Crippen LogP contribution < -0.4 is 11.3 Å². The normalized spacial score (nSPS) is 17.7. The number of hydrogen-bond donors (Lipinski definition) is 2. The molecule has 15 heavy (non-hydrogen) atoms. The standard InChI is InChI=1S/C10H16N4O/c11-13-10-7-9(1-2-12-10)8-14-3-5-15-6-4-14/h1-2,7H,3-6,8,11H2,(H,12,13). The van der Waals surface area contributed by atoms with Gasteiger partial charge in [0.05, 0.1) is 13.2 Å². The van der Waals surface area contributed by atoms with Crippen molar-refractivity contribution in [3.05, 3.63) is 23.9 Å². The van der Waals surface area contributed by atoms with Gasteiger partial charge in [-0.2, -0.15) is 0 Å². The van der Waals surface area contributed by atoms with E-state index in [4.69, 9.17) is 10.6 Å². The first-order valence-electron chi connectivity index (χ1n) is 5.10. The largest absolute Gasteiger partial charge is 0.379 e. The number of nitrogens with zero attached hydrogens (tertiary/aromatic N) is 2. The van der Waals surface area contributed by atoms with E-state index < -0.39 is 0 Å². The lowest BCUT2D eigenvalue weighted by Crippen LogP contribution is -2.35. The summed E-state index contributed by atoms with van der Waals surface area (Å²) in [6.07, 6.45) is 1.77. The summed E-state index contributed by atoms with van der Waals surface area (Å²) in [7, 11) is 0. The number of nitrogen functional groups attached to an aromatic ring is 1. The van der Waals surface area contributed by atoms with Gasteiger partial charge in [-0.15, -0.1) is 0 Å². The molecule has 0 saturated carbocycles. The Labute approximate surface area is 89.2 Å². The maximum Gasteiger partial charge on any atom is 0.140 e. The molecule has 5 heteroatoms. The molecule has 1 aliphatic rings. The highest BCUT2D eigenvalue weighted by atomic mass is 16.5. The first-order chi connectivity index (χ1) is 7.38. The van der Waals surface area contributed by atoms with Crippen LogP contribution in [0.2, 0.25) is 0 Å². The Morgan fingerprint density at radius 3 is 3.00 bits per heavy atom. The summed E-state index contributed by atoms with van der Waals surface area (Å²) in [5.74, 6) is 6.01. The van der Waals surface area contributed by atoms with Gasteiger partial charge >= 0.3 is 0 Å². The van der Waals surface area contributed by atoms with E-state index in [1.807, 2.05) is 12.1 Å². The molecule has 0 aliphatic carbocycles. The lowest BCUT2D eigenvalue weighted by molar-refractivity contribution is 0.0342. The third-order valence-corrected chi connectivity index (χ3v) is 2.48. The van der Waals surface area contributed by atoms with Crippen LogP contribution in [0.4, 0.5) is 5.82 Å². The number of anilines is 1. The maximum absolute atomic E-state index is 5.31. The van der Waals surface area contributed by atoms with Crippen LogP contribution in [0.3, 0.4) is 0 Å². The maximum atomic E-state index is 5.31. The molecule has 0 radical (unpaired) electrons. The van der Waals surface area contributed by atoms with Crippen LogP contribution in [0.5, 0.6) is 0 Å². The molecule has 0 amide bonds. The molecule has 2 rings (SSSR count). The van der Waals surface area contributed by atoms with Crippen molar-refractivity contribution in [3.63, 3.8) is 0 Å². The van der Waals surface area contributed by atoms with Crippen molar-refractivity contribution in [1.82, 2.24) is 9.88 Å². The minimum Gasteiger partial charge on any atom is -0.379 e. The Hall–Kier alpha value is -1.17. The van der Waals surface area contributed by atoms with Crippen LogP contribution in [0.25, 0.3) is 0 Å². The van der Waals surface area contributed by atoms with Crippen LogP contribution in [0, 0.1) is 0 Å². The van der Waals surface area contributed by atoms with E-state index in [1.165, 1.54) is 5.56 Å². The van der Waals surface area contributed by atoms with Gasteiger partial charge in [0.15, 0.2) is 0 Å². The fraction of sp³-hybridized carbons (Fsp3) is 0.500. The van der Waals surface area contributed by atoms with Gasteiger partial charge < -0.3 is 10.2 Å². The van der Waals surface area contributed by atoms with Crippen molar-refractivity contribution in [2.45, 2.75) is 6.54 Å². The van der Waals surface area contributed by atoms with E-state index in [2.05, 4.69) is 15.3 Å². The number of morpholine rings is 1. The van der Waals surface area contributed by atoms with Crippen LogP contribution >= 0.6 is 0 Å². The summed E-state index contributed by atoms with van der Waals surface area (Å²) in [5, 5.41) is 0. The zero-order valence-corrected chi connectivity index (χ0v) is 8.65. The van der Waals surface area contributed by atoms with Gasteiger partial charge in [-0.3, -0.25) is 4.90 Å². The molecule has 0 spiro atoms. The van der Waals surface area contributed by atoms with E-state index >= 15 is 0 Å². The summed E-state index contributed by atoms with van der Waals surface area (Å²) in [5.41, 5.74) is 3.77. The SMILES string of the molecule is NNc1cc(CN2CCOCC2)ccn1. The van der Waals surface area contributed by atoms with E-state index in [-0.39, 0.29) is 0 Å². The monoisotopic (exact) mass is 208 g/mol. The second-order valence-corrected chi connectivity index (χ2v) is 3.58. The summed E-state index contributed by atoms with van der Waals surface area (Å²) >= 11 is 0. The van der Waals surface area contributed by atoms with Gasteiger partial charge in [-0.05, 0) is 17.7 Å². The summed E-state index contributed by atoms with van der Waals surface area (Å²) in [4.78, 5) is 6.43. The predicted molar refractivity (Wildman–Crippen MR) is 58.1 cm³/mol. The van der Waals surface area contributed by atoms with Gasteiger partial charge in [0, 0.05) is 25.8 Å². The number of ether oxygens (including phenoxy) is 1. The van der Waals surface area contributed by atoms with Crippen LogP contribution in [0.1, 0.15) is 5.56 Å². The minimum atomic E-state index is 0.709. The highest BCUT2D eigenvalue weighted by molar-refractivity contribution is 5.35. The smallest absolute Gasteiger partial charge is 0.140 e. The molecule has 82 valence electrons. The average Bonchev–Trinajstić information content (AvgIpc) is 2.31. The molecule has 0 aromatic carbocycles. The first-order valence-corrected chi connectivity index (χ1v) is 5.10. The lowest BCUT2D eigenvalue weighted by atomic mass is 10.2. The molecule has 1 aromatic rings. The quantitative estimate of drug-likeness (QED) is 0.549. The average molecular weight is 208 g/mol. The van der Waals surface area contributed by atoms with Crippen molar-refractivity contribution < 1.29 is 4.74 Å². The third-order valence-electron chi connectivity index (χ3n) is 2.48. The Balaban J connectivity index is 1.96. The molecule has 1 saturated heterocycles. The molecule has 1 aliphatic heterocycles. The van der Waals surface area contributed by atoms with Crippen molar-refractivity contribution in [1.29, 1.82) is 0 Å². The van der Waals surface area contributed by atoms with E-state index in [9.17, 15) is 0 Å². The minimum absolute atomic E-state index is 0.709. The summed E-state index contributed by atoms with van der Waals surface area (Å²) in [6, 6.07) is 3.98. The number of rotatable bonds is 3. The van der Waals surface area contributed by atoms with Gasteiger partial charge in [0.1, 0.15) is 5.82 Å². The Morgan fingerprint density at radius 2 is 2.27 bits per heavy atom. The van der Waals surface area contributed by atoms with Crippen molar-refractivity contribution in [2.75, 3.05) is 31.7 Å². The fourth-order valence-corrected chi connectivity index (χ4v) is 1.67. The first kappa shape index (κ1) is 10.4. The zero-order valence-electron chi connectivity index (χ0n) is 8.65. The van der Waals surface area contributed by atoms with E-state index in [0.29, 0.717) is 5.82 Å². The number of hydrazine groups is 1. The summed E-state index contributed by atoms with van der Waals surface area (Å²) in [6.45, 7) is 4.57.